The van der Waals surface area contributed by atoms with E-state index in [0.29, 0.717) is 12.2 Å². The molecule has 24 heavy (non-hydrogen) atoms. The van der Waals surface area contributed by atoms with Crippen LogP contribution in [0, 0.1) is 15.5 Å². The highest BCUT2D eigenvalue weighted by Gasteiger charge is 2.30. The summed E-state index contributed by atoms with van der Waals surface area (Å²) < 4.78 is 1.72. The number of nitrogens with zero attached hydrogens (tertiary/aromatic N) is 3. The highest BCUT2D eigenvalue weighted by Crippen LogP contribution is 2.39. The third kappa shape index (κ3) is 3.33. The minimum atomic E-state index is -0.415. The van der Waals surface area contributed by atoms with Gasteiger partial charge in [0.05, 0.1) is 0 Å². The Hall–Kier alpha value is -2.21. The van der Waals surface area contributed by atoms with Crippen LogP contribution in [0.5, 0.6) is 0 Å². The number of nitro groups is 1. The summed E-state index contributed by atoms with van der Waals surface area (Å²) in [6.45, 7) is 5.02. The number of hydrogen-bond donors (Lipinski definition) is 1. The van der Waals surface area contributed by atoms with Crippen molar-refractivity contribution < 1.29 is 4.92 Å². The molecule has 1 aromatic carbocycles. The summed E-state index contributed by atoms with van der Waals surface area (Å²) in [4.78, 5) is 14.6. The van der Waals surface area contributed by atoms with Gasteiger partial charge in [-0.1, -0.05) is 38.1 Å². The molecule has 1 aromatic heterocycles. The maximum atomic E-state index is 11.1. The van der Waals surface area contributed by atoms with Gasteiger partial charge in [-0.05, 0) is 45.7 Å². The average molecular weight is 328 g/mol. The molecule has 6 heteroatoms. The predicted molar refractivity (Wildman–Crippen MR) is 92.6 cm³/mol. The molecule has 0 unspecified atom stereocenters. The van der Waals surface area contributed by atoms with Gasteiger partial charge < -0.3 is 20.0 Å². The van der Waals surface area contributed by atoms with Gasteiger partial charge in [-0.2, -0.15) is 0 Å². The largest absolute Gasteiger partial charge is 0.386 e. The van der Waals surface area contributed by atoms with Gasteiger partial charge in [0.25, 0.3) is 0 Å². The Morgan fingerprint density at radius 3 is 2.92 bits per heavy atom. The van der Waals surface area contributed by atoms with Crippen molar-refractivity contribution in [2.75, 3.05) is 0 Å². The summed E-state index contributed by atoms with van der Waals surface area (Å²) in [6.07, 6.45) is 4.73. The van der Waals surface area contributed by atoms with E-state index in [1.165, 1.54) is 17.5 Å². The molecule has 6 nitrogen and oxygen atoms in total. The fraction of sp³-hybridized carbons (Fsp3) is 0.500. The maximum absolute atomic E-state index is 11.1. The topological polar surface area (TPSA) is 73.0 Å². The van der Waals surface area contributed by atoms with Gasteiger partial charge in [0.2, 0.25) is 6.33 Å². The molecule has 0 spiro atoms. The van der Waals surface area contributed by atoms with E-state index in [-0.39, 0.29) is 17.3 Å². The highest BCUT2D eigenvalue weighted by molar-refractivity contribution is 5.32. The number of nitrogens with one attached hydrogen (secondary N) is 1. The van der Waals surface area contributed by atoms with E-state index in [1.807, 2.05) is 0 Å². The smallest absolute Gasteiger partial charge is 0.358 e. The Kier molecular flexibility index (Phi) is 4.41. The Bertz CT molecular complexity index is 751. The first-order valence-corrected chi connectivity index (χ1v) is 8.33. The number of benzene rings is 1. The number of imidazole rings is 1. The van der Waals surface area contributed by atoms with Gasteiger partial charge in [0.1, 0.15) is 5.69 Å². The molecule has 1 N–H and O–H groups in total. The van der Waals surface area contributed by atoms with Crippen molar-refractivity contribution in [2.45, 2.75) is 45.7 Å². The van der Waals surface area contributed by atoms with E-state index in [9.17, 15) is 10.1 Å². The van der Waals surface area contributed by atoms with Crippen molar-refractivity contribution in [3.8, 4) is 0 Å². The van der Waals surface area contributed by atoms with E-state index in [2.05, 4.69) is 48.4 Å². The number of fused-ring (bicyclic) bond motifs is 1. The molecule has 0 fully saturated rings. The lowest BCUT2D eigenvalue weighted by molar-refractivity contribution is -0.390. The van der Waals surface area contributed by atoms with E-state index in [0.717, 1.165) is 19.3 Å². The monoisotopic (exact) mass is 328 g/mol. The summed E-state index contributed by atoms with van der Waals surface area (Å²) in [5.74, 6) is -0.0637. The molecule has 1 atom stereocenters. The molecule has 1 heterocycles. The van der Waals surface area contributed by atoms with Crippen molar-refractivity contribution >= 4 is 5.82 Å². The second-order valence-electron chi connectivity index (χ2n) is 7.38. The first-order valence-electron chi connectivity index (χ1n) is 8.33. The van der Waals surface area contributed by atoms with Gasteiger partial charge >= 0.3 is 5.82 Å². The average Bonchev–Trinajstić information content (AvgIpc) is 2.84. The minimum absolute atomic E-state index is 0.0637. The van der Waals surface area contributed by atoms with Crippen molar-refractivity contribution in [2.24, 2.45) is 12.5 Å². The summed E-state index contributed by atoms with van der Waals surface area (Å²) in [5, 5.41) is 14.7. The normalized spacial score (nSPS) is 19.5. The van der Waals surface area contributed by atoms with E-state index < -0.39 is 4.92 Å². The van der Waals surface area contributed by atoms with E-state index in [1.54, 1.807) is 11.6 Å². The molecule has 2 aromatic rings. The highest BCUT2D eigenvalue weighted by atomic mass is 16.6. The zero-order valence-corrected chi connectivity index (χ0v) is 14.5. The predicted octanol–water partition coefficient (Wildman–Crippen LogP) is 3.52. The van der Waals surface area contributed by atoms with Crippen LogP contribution < -0.4 is 5.32 Å². The molecule has 0 saturated heterocycles. The lowest BCUT2D eigenvalue weighted by atomic mass is 9.83. The zero-order chi connectivity index (χ0) is 17.3. The molecule has 0 aliphatic heterocycles. The zero-order valence-electron chi connectivity index (χ0n) is 14.5. The van der Waals surface area contributed by atoms with E-state index >= 15 is 0 Å². The SMILES string of the molecule is Cn1cnc([N+](=O)[O-])c1CN[C@@H]1CC(C)(C)CCc2ccccc21. The van der Waals surface area contributed by atoms with Crippen LogP contribution in [0.2, 0.25) is 0 Å². The van der Waals surface area contributed by atoms with Gasteiger partial charge in [0.15, 0.2) is 0 Å². The Balaban J connectivity index is 1.86. The van der Waals surface area contributed by atoms with Crippen molar-refractivity contribution in [1.82, 2.24) is 14.9 Å². The maximum Gasteiger partial charge on any atom is 0.386 e. The molecular weight excluding hydrogens is 304 g/mol. The second kappa shape index (κ2) is 6.36. The standard InChI is InChI=1S/C18H24N4O2/c1-18(2)9-8-13-6-4-5-7-14(13)15(10-18)19-11-16-17(22(23)24)20-12-21(16)3/h4-7,12,15,19H,8-11H2,1-3H3/t15-/m1/s1. The van der Waals surface area contributed by atoms with Crippen LogP contribution in [0.3, 0.4) is 0 Å². The van der Waals surface area contributed by atoms with Crippen molar-refractivity contribution in [3.05, 3.63) is 57.5 Å². The minimum Gasteiger partial charge on any atom is -0.358 e. The van der Waals surface area contributed by atoms with Crippen LogP contribution in [0.1, 0.15) is 49.6 Å². The Morgan fingerprint density at radius 1 is 1.42 bits per heavy atom. The lowest BCUT2D eigenvalue weighted by Crippen LogP contribution is -2.26. The first kappa shape index (κ1) is 16.6. The fourth-order valence-electron chi connectivity index (χ4n) is 3.54. The Labute approximate surface area is 142 Å². The van der Waals surface area contributed by atoms with Crippen molar-refractivity contribution in [3.63, 3.8) is 0 Å². The van der Waals surface area contributed by atoms with Crippen LogP contribution in [0.15, 0.2) is 30.6 Å². The molecule has 1 aliphatic rings. The number of aromatic nitrogens is 2. The molecule has 0 bridgehead atoms. The Morgan fingerprint density at radius 2 is 2.17 bits per heavy atom. The summed E-state index contributed by atoms with van der Waals surface area (Å²) in [6, 6.07) is 8.70. The quantitative estimate of drug-likeness (QED) is 0.529. The number of rotatable bonds is 4. The molecular formula is C18H24N4O2. The fourth-order valence-corrected chi connectivity index (χ4v) is 3.54. The van der Waals surface area contributed by atoms with Gasteiger partial charge in [-0.15, -0.1) is 0 Å². The van der Waals surface area contributed by atoms with Gasteiger partial charge in [-0.3, -0.25) is 0 Å². The first-order chi connectivity index (χ1) is 11.4. The van der Waals surface area contributed by atoms with Crippen molar-refractivity contribution in [1.29, 1.82) is 0 Å². The second-order valence-corrected chi connectivity index (χ2v) is 7.38. The molecule has 1 aliphatic carbocycles. The molecule has 0 saturated carbocycles. The molecule has 0 radical (unpaired) electrons. The van der Waals surface area contributed by atoms with Crippen LogP contribution in [0.4, 0.5) is 5.82 Å². The molecule has 3 rings (SSSR count). The lowest BCUT2D eigenvalue weighted by Gasteiger charge is -2.27. The van der Waals surface area contributed by atoms with E-state index in [4.69, 9.17) is 0 Å². The summed E-state index contributed by atoms with van der Waals surface area (Å²) in [7, 11) is 1.79. The third-order valence-corrected chi connectivity index (χ3v) is 4.98. The van der Waals surface area contributed by atoms with Crippen LogP contribution in [0.25, 0.3) is 0 Å². The van der Waals surface area contributed by atoms with Gasteiger partial charge in [-0.25, -0.2) is 0 Å². The molecule has 0 amide bonds. The van der Waals surface area contributed by atoms with Gasteiger partial charge in [0, 0.05) is 19.6 Å². The number of aryl methyl sites for hydroxylation is 2. The third-order valence-electron chi connectivity index (χ3n) is 4.98. The van der Waals surface area contributed by atoms with Crippen LogP contribution >= 0.6 is 0 Å². The summed E-state index contributed by atoms with van der Waals surface area (Å²) >= 11 is 0. The molecule has 128 valence electrons. The van der Waals surface area contributed by atoms with Crippen LogP contribution in [-0.4, -0.2) is 14.5 Å². The van der Waals surface area contributed by atoms with Crippen LogP contribution in [-0.2, 0) is 20.0 Å². The number of hydrogen-bond acceptors (Lipinski definition) is 4. The summed E-state index contributed by atoms with van der Waals surface area (Å²) in [5.41, 5.74) is 3.53.